The Balaban J connectivity index is 1.78. The van der Waals surface area contributed by atoms with Gasteiger partial charge < -0.3 is 14.8 Å². The Labute approximate surface area is 167 Å². The van der Waals surface area contributed by atoms with Gasteiger partial charge >= 0.3 is 0 Å². The Kier molecular flexibility index (Phi) is 5.02. The lowest BCUT2D eigenvalue weighted by atomic mass is 10.0. The second-order valence-corrected chi connectivity index (χ2v) is 7.89. The van der Waals surface area contributed by atoms with Crippen LogP contribution in [0.3, 0.4) is 0 Å². The van der Waals surface area contributed by atoms with Crippen LogP contribution < -0.4 is 4.90 Å². The van der Waals surface area contributed by atoms with Crippen molar-refractivity contribution in [2.45, 2.75) is 32.7 Å². The molecule has 3 aromatic heterocycles. The molecule has 140 valence electrons. The van der Waals surface area contributed by atoms with Gasteiger partial charge in [0.05, 0.1) is 17.4 Å². The summed E-state index contributed by atoms with van der Waals surface area (Å²) in [6.07, 6.45) is 5.74. The normalized spacial score (nSPS) is 15.7. The Bertz CT molecular complexity index is 1010. The number of H-pyrrole nitrogens is 1. The van der Waals surface area contributed by atoms with E-state index in [0.29, 0.717) is 11.7 Å². The average Bonchev–Trinajstić information content (AvgIpc) is 3.06. The number of nitrogens with one attached hydrogen (secondary N) is 1. The first-order chi connectivity index (χ1) is 13.2. The van der Waals surface area contributed by atoms with Crippen LogP contribution in [0.2, 0.25) is 0 Å². The zero-order chi connectivity index (χ0) is 19.0. The van der Waals surface area contributed by atoms with Crippen molar-refractivity contribution in [3.05, 3.63) is 28.6 Å². The van der Waals surface area contributed by atoms with Crippen molar-refractivity contribution in [1.82, 2.24) is 19.9 Å². The summed E-state index contributed by atoms with van der Waals surface area (Å²) in [6.45, 7) is 8.50. The standard InChI is InChI=1S/C20H23BrN6/c1-3-26(4-2)14-5-7-27(8-6-14)19-16(10-22)23-12-17-18(19)15-9-13(21)11-24-20(15)25-17/h9,11-12,14H,3-8H2,1-2H3,(H,24,25). The summed E-state index contributed by atoms with van der Waals surface area (Å²) in [5, 5.41) is 11.8. The molecule has 4 heterocycles. The monoisotopic (exact) mass is 426 g/mol. The van der Waals surface area contributed by atoms with Gasteiger partial charge in [0.1, 0.15) is 11.7 Å². The number of rotatable bonds is 4. The number of pyridine rings is 2. The fourth-order valence-electron chi connectivity index (χ4n) is 4.31. The van der Waals surface area contributed by atoms with Gasteiger partial charge in [0.25, 0.3) is 0 Å². The minimum atomic E-state index is 0.490. The van der Waals surface area contributed by atoms with Gasteiger partial charge in [0.15, 0.2) is 5.69 Å². The van der Waals surface area contributed by atoms with E-state index in [0.717, 1.165) is 71.1 Å². The Morgan fingerprint density at radius 3 is 2.67 bits per heavy atom. The summed E-state index contributed by atoms with van der Waals surface area (Å²) in [6, 6.07) is 4.98. The molecule has 1 saturated heterocycles. The molecule has 1 aliphatic heterocycles. The van der Waals surface area contributed by atoms with Gasteiger partial charge in [-0.3, -0.25) is 0 Å². The summed E-state index contributed by atoms with van der Waals surface area (Å²) in [4.78, 5) is 17.1. The molecule has 1 N–H and O–H groups in total. The highest BCUT2D eigenvalue weighted by Crippen LogP contribution is 2.37. The average molecular weight is 427 g/mol. The molecule has 7 heteroatoms. The number of anilines is 1. The number of nitrogens with zero attached hydrogens (tertiary/aromatic N) is 5. The fourth-order valence-corrected chi connectivity index (χ4v) is 4.64. The number of hydrogen-bond acceptors (Lipinski definition) is 5. The Morgan fingerprint density at radius 1 is 1.26 bits per heavy atom. The molecule has 4 rings (SSSR count). The van der Waals surface area contributed by atoms with Crippen molar-refractivity contribution in [3.8, 4) is 6.07 Å². The van der Waals surface area contributed by atoms with Crippen LogP contribution in [-0.4, -0.2) is 52.1 Å². The van der Waals surface area contributed by atoms with Gasteiger partial charge in [0, 0.05) is 40.6 Å². The maximum absolute atomic E-state index is 9.71. The third-order valence-corrected chi connectivity index (χ3v) is 6.08. The minimum absolute atomic E-state index is 0.490. The zero-order valence-corrected chi connectivity index (χ0v) is 17.3. The van der Waals surface area contributed by atoms with Crippen LogP contribution in [0.15, 0.2) is 22.9 Å². The van der Waals surface area contributed by atoms with Crippen LogP contribution in [0.1, 0.15) is 32.4 Å². The number of nitriles is 1. The first-order valence-corrected chi connectivity index (χ1v) is 10.3. The molecule has 1 aliphatic rings. The molecule has 0 aromatic carbocycles. The lowest BCUT2D eigenvalue weighted by Crippen LogP contribution is -2.45. The Morgan fingerprint density at radius 2 is 2.00 bits per heavy atom. The molecule has 0 saturated carbocycles. The van der Waals surface area contributed by atoms with Gasteiger partial charge in [-0.15, -0.1) is 0 Å². The predicted molar refractivity (Wildman–Crippen MR) is 112 cm³/mol. The minimum Gasteiger partial charge on any atom is -0.368 e. The summed E-state index contributed by atoms with van der Waals surface area (Å²) in [5.41, 5.74) is 3.18. The van der Waals surface area contributed by atoms with Crippen molar-refractivity contribution in [3.63, 3.8) is 0 Å². The first-order valence-electron chi connectivity index (χ1n) is 9.51. The molecule has 6 nitrogen and oxygen atoms in total. The fraction of sp³-hybridized carbons (Fsp3) is 0.450. The van der Waals surface area contributed by atoms with Gasteiger partial charge in [-0.1, -0.05) is 13.8 Å². The predicted octanol–water partition coefficient (Wildman–Crippen LogP) is 4.06. The smallest absolute Gasteiger partial charge is 0.164 e. The van der Waals surface area contributed by atoms with Crippen LogP contribution in [0, 0.1) is 11.3 Å². The van der Waals surface area contributed by atoms with Crippen molar-refractivity contribution >= 4 is 43.6 Å². The van der Waals surface area contributed by atoms with Crippen LogP contribution in [-0.2, 0) is 0 Å². The molecule has 1 fully saturated rings. The lowest BCUT2D eigenvalue weighted by Gasteiger charge is -2.39. The van der Waals surface area contributed by atoms with E-state index in [9.17, 15) is 5.26 Å². The Hall–Kier alpha value is -2.17. The number of hydrogen-bond donors (Lipinski definition) is 1. The molecule has 0 spiro atoms. The third-order valence-electron chi connectivity index (χ3n) is 5.65. The first kappa shape index (κ1) is 18.2. The van der Waals surface area contributed by atoms with Gasteiger partial charge in [-0.05, 0) is 47.9 Å². The van der Waals surface area contributed by atoms with Crippen molar-refractivity contribution < 1.29 is 0 Å². The molecule has 0 radical (unpaired) electrons. The number of piperidine rings is 1. The summed E-state index contributed by atoms with van der Waals surface area (Å²) in [7, 11) is 0. The van der Waals surface area contributed by atoms with E-state index in [-0.39, 0.29) is 0 Å². The van der Waals surface area contributed by atoms with Gasteiger partial charge in [-0.2, -0.15) is 5.26 Å². The molecule has 0 atom stereocenters. The molecule has 3 aromatic rings. The van der Waals surface area contributed by atoms with E-state index in [1.807, 2.05) is 0 Å². The van der Waals surface area contributed by atoms with Gasteiger partial charge in [-0.25, -0.2) is 9.97 Å². The molecular weight excluding hydrogens is 404 g/mol. The van der Waals surface area contributed by atoms with Crippen molar-refractivity contribution in [2.75, 3.05) is 31.1 Å². The number of aromatic nitrogens is 3. The maximum Gasteiger partial charge on any atom is 0.164 e. The molecule has 0 amide bonds. The van der Waals surface area contributed by atoms with Crippen LogP contribution in [0.4, 0.5) is 5.69 Å². The van der Waals surface area contributed by atoms with E-state index in [1.165, 1.54) is 0 Å². The van der Waals surface area contributed by atoms with E-state index in [1.54, 1.807) is 12.4 Å². The van der Waals surface area contributed by atoms with Crippen molar-refractivity contribution in [1.29, 1.82) is 5.26 Å². The number of aromatic amines is 1. The quantitative estimate of drug-likeness (QED) is 0.680. The molecule has 0 unspecified atom stereocenters. The highest BCUT2D eigenvalue weighted by molar-refractivity contribution is 9.10. The van der Waals surface area contributed by atoms with Crippen LogP contribution in [0.5, 0.6) is 0 Å². The molecular formula is C20H23BrN6. The van der Waals surface area contributed by atoms with E-state index in [4.69, 9.17) is 0 Å². The number of fused-ring (bicyclic) bond motifs is 3. The zero-order valence-electron chi connectivity index (χ0n) is 15.7. The second-order valence-electron chi connectivity index (χ2n) is 6.97. The van der Waals surface area contributed by atoms with Crippen molar-refractivity contribution in [2.24, 2.45) is 0 Å². The van der Waals surface area contributed by atoms with E-state index < -0.39 is 0 Å². The maximum atomic E-state index is 9.71. The third kappa shape index (κ3) is 3.17. The number of halogens is 1. The van der Waals surface area contributed by atoms with Gasteiger partial charge in [0.2, 0.25) is 0 Å². The summed E-state index contributed by atoms with van der Waals surface area (Å²) < 4.78 is 0.928. The lowest BCUT2D eigenvalue weighted by molar-refractivity contribution is 0.186. The molecule has 0 bridgehead atoms. The summed E-state index contributed by atoms with van der Waals surface area (Å²) >= 11 is 3.52. The SMILES string of the molecule is CCN(CC)C1CCN(c2c(C#N)ncc3[nH]c4ncc(Br)cc4c23)CC1. The van der Waals surface area contributed by atoms with Crippen LogP contribution >= 0.6 is 15.9 Å². The highest BCUT2D eigenvalue weighted by Gasteiger charge is 2.27. The van der Waals surface area contributed by atoms with E-state index >= 15 is 0 Å². The van der Waals surface area contributed by atoms with Crippen LogP contribution in [0.25, 0.3) is 21.9 Å². The highest BCUT2D eigenvalue weighted by atomic mass is 79.9. The molecule has 27 heavy (non-hydrogen) atoms. The topological polar surface area (TPSA) is 71.8 Å². The second kappa shape index (κ2) is 7.45. The van der Waals surface area contributed by atoms with E-state index in [2.05, 4.69) is 66.7 Å². The molecule has 0 aliphatic carbocycles. The largest absolute Gasteiger partial charge is 0.368 e. The summed E-state index contributed by atoms with van der Waals surface area (Å²) in [5.74, 6) is 0.